The Hall–Kier alpha value is -0.0800. The minimum absolute atomic E-state index is 0.278. The molecule has 0 bridgehead atoms. The van der Waals surface area contributed by atoms with Gasteiger partial charge in [-0.3, -0.25) is 0 Å². The largest absolute Gasteiger partial charge is 0.396 e. The molecule has 18 heavy (non-hydrogen) atoms. The third-order valence-corrected chi connectivity index (χ3v) is 2.41. The number of hydrogen-bond acceptors (Lipinski definition) is 2. The van der Waals surface area contributed by atoms with Crippen molar-refractivity contribution in [2.24, 2.45) is 11.8 Å². The van der Waals surface area contributed by atoms with Gasteiger partial charge >= 0.3 is 0 Å². The van der Waals surface area contributed by atoms with Crippen LogP contribution in [-0.2, 0) is 4.74 Å². The van der Waals surface area contributed by atoms with Crippen LogP contribution >= 0.6 is 0 Å². The van der Waals surface area contributed by atoms with Crippen LogP contribution < -0.4 is 0 Å². The van der Waals surface area contributed by atoms with Crippen molar-refractivity contribution in [2.75, 3.05) is 13.2 Å². The molecule has 0 aromatic carbocycles. The van der Waals surface area contributed by atoms with Crippen molar-refractivity contribution in [3.8, 4) is 0 Å². The summed E-state index contributed by atoms with van der Waals surface area (Å²) >= 11 is 0. The lowest BCUT2D eigenvalue weighted by molar-refractivity contribution is 0.0482. The fraction of sp³-hybridized carbons (Fsp3) is 1.00. The summed E-state index contributed by atoms with van der Waals surface area (Å²) in [7, 11) is 0. The van der Waals surface area contributed by atoms with Gasteiger partial charge in [0.25, 0.3) is 0 Å². The lowest BCUT2D eigenvalue weighted by Crippen LogP contribution is -2.19. The monoisotopic (exact) mass is 264 g/mol. The summed E-state index contributed by atoms with van der Waals surface area (Å²) in [4.78, 5) is 0. The van der Waals surface area contributed by atoms with Crippen LogP contribution in [0.5, 0.6) is 0 Å². The molecule has 0 aliphatic rings. The Kier molecular flexibility index (Phi) is 37.8. The van der Waals surface area contributed by atoms with E-state index in [0.29, 0.717) is 17.9 Å². The minimum atomic E-state index is 0.278. The quantitative estimate of drug-likeness (QED) is 0.719. The Balaban J connectivity index is -0.000000141. The van der Waals surface area contributed by atoms with E-state index in [0.717, 1.165) is 13.0 Å². The average Bonchev–Trinajstić information content (AvgIpc) is 2.44. The van der Waals surface area contributed by atoms with E-state index in [9.17, 15) is 0 Å². The second-order valence-corrected chi connectivity index (χ2v) is 3.64. The SMILES string of the molecule is CC.CC.CC.CCOC(C)CC(C)C(C)CO. The van der Waals surface area contributed by atoms with Crippen molar-refractivity contribution in [2.45, 2.75) is 81.8 Å². The molecule has 0 heterocycles. The Morgan fingerprint density at radius 1 is 0.833 bits per heavy atom. The van der Waals surface area contributed by atoms with E-state index in [1.807, 2.05) is 48.5 Å². The maximum atomic E-state index is 8.91. The fourth-order valence-electron chi connectivity index (χ4n) is 1.29. The number of ether oxygens (including phenoxy) is 1. The van der Waals surface area contributed by atoms with Gasteiger partial charge in [-0.05, 0) is 32.1 Å². The molecule has 0 saturated carbocycles. The molecular weight excluding hydrogens is 224 g/mol. The van der Waals surface area contributed by atoms with E-state index >= 15 is 0 Å². The zero-order valence-corrected chi connectivity index (χ0v) is 14.7. The molecule has 3 atom stereocenters. The molecule has 0 aliphatic carbocycles. The van der Waals surface area contributed by atoms with Crippen LogP contribution in [0.1, 0.15) is 75.7 Å². The smallest absolute Gasteiger partial charge is 0.0549 e. The van der Waals surface area contributed by atoms with E-state index in [4.69, 9.17) is 9.84 Å². The minimum Gasteiger partial charge on any atom is -0.396 e. The van der Waals surface area contributed by atoms with Gasteiger partial charge < -0.3 is 9.84 Å². The summed E-state index contributed by atoms with van der Waals surface area (Å²) in [6.45, 7) is 21.4. The van der Waals surface area contributed by atoms with Crippen LogP contribution in [0.4, 0.5) is 0 Å². The maximum Gasteiger partial charge on any atom is 0.0549 e. The first kappa shape index (κ1) is 26.5. The fourth-order valence-corrected chi connectivity index (χ4v) is 1.29. The summed E-state index contributed by atoms with van der Waals surface area (Å²) in [5.74, 6) is 0.921. The highest BCUT2D eigenvalue weighted by Gasteiger charge is 2.14. The second kappa shape index (κ2) is 25.7. The van der Waals surface area contributed by atoms with Gasteiger partial charge in [-0.1, -0.05) is 55.4 Å². The predicted octanol–water partition coefficient (Wildman–Crippen LogP) is 5.14. The molecule has 0 radical (unpaired) electrons. The lowest BCUT2D eigenvalue weighted by atomic mass is 9.91. The van der Waals surface area contributed by atoms with Gasteiger partial charge in [-0.25, -0.2) is 0 Å². The molecular formula is C16H40O2. The van der Waals surface area contributed by atoms with Crippen LogP contribution in [0.15, 0.2) is 0 Å². The summed E-state index contributed by atoms with van der Waals surface area (Å²) < 4.78 is 5.43. The summed E-state index contributed by atoms with van der Waals surface area (Å²) in [5.41, 5.74) is 0. The highest BCUT2D eigenvalue weighted by molar-refractivity contribution is 4.64. The Labute approximate surface area is 117 Å². The highest BCUT2D eigenvalue weighted by atomic mass is 16.5. The Morgan fingerprint density at radius 2 is 1.22 bits per heavy atom. The second-order valence-electron chi connectivity index (χ2n) is 3.64. The average molecular weight is 264 g/mol. The maximum absolute atomic E-state index is 8.91. The number of aliphatic hydroxyl groups is 1. The van der Waals surface area contributed by atoms with Gasteiger partial charge in [-0.2, -0.15) is 0 Å². The molecule has 2 heteroatoms. The molecule has 116 valence electrons. The van der Waals surface area contributed by atoms with E-state index in [1.165, 1.54) is 0 Å². The third-order valence-electron chi connectivity index (χ3n) is 2.41. The molecule has 0 aromatic heterocycles. The molecule has 2 nitrogen and oxygen atoms in total. The zero-order valence-electron chi connectivity index (χ0n) is 14.7. The molecule has 1 N–H and O–H groups in total. The molecule has 0 saturated heterocycles. The Morgan fingerprint density at radius 3 is 1.50 bits per heavy atom. The zero-order chi connectivity index (χ0) is 15.6. The molecule has 0 rings (SSSR count). The molecule has 0 fully saturated rings. The van der Waals surface area contributed by atoms with E-state index in [1.54, 1.807) is 0 Å². The van der Waals surface area contributed by atoms with Crippen LogP contribution in [0, 0.1) is 11.8 Å². The molecule has 3 unspecified atom stereocenters. The number of rotatable bonds is 6. The summed E-state index contributed by atoms with van der Waals surface area (Å²) in [5, 5.41) is 8.91. The van der Waals surface area contributed by atoms with Crippen LogP contribution in [0.25, 0.3) is 0 Å². The van der Waals surface area contributed by atoms with Gasteiger partial charge in [0.1, 0.15) is 0 Å². The standard InChI is InChI=1S/C10H22O2.3C2H6/c1-5-12-10(4)6-8(2)9(3)7-11;3*1-2/h8-11H,5-7H2,1-4H3;3*1-2H3. The molecule has 0 spiro atoms. The van der Waals surface area contributed by atoms with Gasteiger partial charge in [0, 0.05) is 13.2 Å². The van der Waals surface area contributed by atoms with E-state index < -0.39 is 0 Å². The molecule has 0 amide bonds. The summed E-state index contributed by atoms with van der Waals surface area (Å²) in [6, 6.07) is 0. The van der Waals surface area contributed by atoms with Crippen molar-refractivity contribution < 1.29 is 9.84 Å². The topological polar surface area (TPSA) is 29.5 Å². The molecule has 0 aliphatic heterocycles. The van der Waals surface area contributed by atoms with Crippen molar-refractivity contribution in [1.82, 2.24) is 0 Å². The van der Waals surface area contributed by atoms with Crippen LogP contribution in [0.3, 0.4) is 0 Å². The van der Waals surface area contributed by atoms with Crippen LogP contribution in [-0.4, -0.2) is 24.4 Å². The van der Waals surface area contributed by atoms with Gasteiger partial charge in [0.05, 0.1) is 6.10 Å². The summed E-state index contributed by atoms with van der Waals surface area (Å²) in [6.07, 6.45) is 1.36. The Bertz CT molecular complexity index is 105. The van der Waals surface area contributed by atoms with Gasteiger partial charge in [-0.15, -0.1) is 0 Å². The van der Waals surface area contributed by atoms with Crippen molar-refractivity contribution in [1.29, 1.82) is 0 Å². The predicted molar refractivity (Wildman–Crippen MR) is 85.2 cm³/mol. The highest BCUT2D eigenvalue weighted by Crippen LogP contribution is 2.17. The van der Waals surface area contributed by atoms with Crippen LogP contribution in [0.2, 0.25) is 0 Å². The van der Waals surface area contributed by atoms with Crippen molar-refractivity contribution in [3.63, 3.8) is 0 Å². The number of hydrogen-bond donors (Lipinski definition) is 1. The first-order valence-corrected chi connectivity index (χ1v) is 7.84. The first-order valence-electron chi connectivity index (χ1n) is 7.84. The van der Waals surface area contributed by atoms with E-state index in [2.05, 4.69) is 20.8 Å². The van der Waals surface area contributed by atoms with Gasteiger partial charge in [0.2, 0.25) is 0 Å². The van der Waals surface area contributed by atoms with Crippen molar-refractivity contribution >= 4 is 0 Å². The van der Waals surface area contributed by atoms with Crippen molar-refractivity contribution in [3.05, 3.63) is 0 Å². The molecule has 0 aromatic rings. The van der Waals surface area contributed by atoms with Gasteiger partial charge in [0.15, 0.2) is 0 Å². The third kappa shape index (κ3) is 21.2. The first-order chi connectivity index (χ1) is 8.61. The normalized spacial score (nSPS) is 13.5. The lowest BCUT2D eigenvalue weighted by Gasteiger charge is -2.21. The van der Waals surface area contributed by atoms with E-state index in [-0.39, 0.29) is 6.61 Å². The number of aliphatic hydroxyl groups excluding tert-OH is 1.